The van der Waals surface area contributed by atoms with E-state index in [-0.39, 0.29) is 5.91 Å². The number of anilines is 1. The summed E-state index contributed by atoms with van der Waals surface area (Å²) in [5.41, 5.74) is 2.84. The first-order valence-electron chi connectivity index (χ1n) is 8.70. The molecule has 0 bridgehead atoms. The largest absolute Gasteiger partial charge is 0.381 e. The van der Waals surface area contributed by atoms with Crippen molar-refractivity contribution in [2.75, 3.05) is 18.5 Å². The molecule has 1 aliphatic rings. The van der Waals surface area contributed by atoms with Crippen molar-refractivity contribution in [3.8, 4) is 11.3 Å². The summed E-state index contributed by atoms with van der Waals surface area (Å²) in [6.07, 6.45) is 1.25. The fourth-order valence-corrected chi connectivity index (χ4v) is 4.07. The van der Waals surface area contributed by atoms with E-state index in [1.165, 1.54) is 11.5 Å². The first-order valence-corrected chi connectivity index (χ1v) is 9.92. The molecule has 1 aromatic heterocycles. The SMILES string of the molecule is O=C(Nc1ccc(-c2csnn2)cc1)C1(c2cccc(Cl)c2)CCOCC1. The van der Waals surface area contributed by atoms with Gasteiger partial charge in [-0.3, -0.25) is 4.79 Å². The van der Waals surface area contributed by atoms with E-state index in [4.69, 9.17) is 16.3 Å². The topological polar surface area (TPSA) is 64.1 Å². The Hall–Kier alpha value is -2.28. The number of halogens is 1. The van der Waals surface area contributed by atoms with Gasteiger partial charge in [0.05, 0.1) is 5.41 Å². The van der Waals surface area contributed by atoms with Crippen LogP contribution in [0.15, 0.2) is 53.9 Å². The summed E-state index contributed by atoms with van der Waals surface area (Å²) in [5, 5.41) is 9.66. The Balaban J connectivity index is 1.59. The van der Waals surface area contributed by atoms with Gasteiger partial charge in [-0.05, 0) is 54.2 Å². The third kappa shape index (κ3) is 3.74. The van der Waals surface area contributed by atoms with Gasteiger partial charge >= 0.3 is 0 Å². The quantitative estimate of drug-likeness (QED) is 0.699. The summed E-state index contributed by atoms with van der Waals surface area (Å²) in [4.78, 5) is 13.3. The number of hydrogen-bond acceptors (Lipinski definition) is 5. The summed E-state index contributed by atoms with van der Waals surface area (Å²) in [7, 11) is 0. The smallest absolute Gasteiger partial charge is 0.235 e. The fourth-order valence-electron chi connectivity index (χ4n) is 3.42. The molecule has 5 nitrogen and oxygen atoms in total. The number of aromatic nitrogens is 2. The lowest BCUT2D eigenvalue weighted by atomic mass is 9.73. The van der Waals surface area contributed by atoms with Crippen molar-refractivity contribution in [1.82, 2.24) is 9.59 Å². The molecule has 1 aliphatic heterocycles. The molecule has 0 radical (unpaired) electrons. The Morgan fingerprint density at radius 2 is 1.93 bits per heavy atom. The molecule has 0 unspecified atom stereocenters. The van der Waals surface area contributed by atoms with Crippen LogP contribution in [-0.4, -0.2) is 28.7 Å². The number of benzene rings is 2. The van der Waals surface area contributed by atoms with Crippen molar-refractivity contribution >= 4 is 34.7 Å². The highest BCUT2D eigenvalue weighted by molar-refractivity contribution is 7.03. The molecule has 3 aromatic rings. The van der Waals surface area contributed by atoms with Crippen molar-refractivity contribution in [2.45, 2.75) is 18.3 Å². The van der Waals surface area contributed by atoms with Gasteiger partial charge in [0, 0.05) is 34.9 Å². The maximum absolute atomic E-state index is 13.3. The van der Waals surface area contributed by atoms with Crippen LogP contribution in [0.5, 0.6) is 0 Å². The van der Waals surface area contributed by atoms with E-state index in [0.29, 0.717) is 31.1 Å². The molecule has 1 saturated heterocycles. The van der Waals surface area contributed by atoms with Gasteiger partial charge in [-0.2, -0.15) is 0 Å². The molecule has 27 heavy (non-hydrogen) atoms. The Bertz CT molecular complexity index is 923. The van der Waals surface area contributed by atoms with Gasteiger partial charge in [0.2, 0.25) is 5.91 Å². The Morgan fingerprint density at radius 3 is 2.59 bits per heavy atom. The van der Waals surface area contributed by atoms with Crippen molar-refractivity contribution in [3.05, 3.63) is 64.5 Å². The van der Waals surface area contributed by atoms with Crippen LogP contribution in [0, 0.1) is 0 Å². The third-order valence-electron chi connectivity index (χ3n) is 4.96. The van der Waals surface area contributed by atoms with Gasteiger partial charge in [0.25, 0.3) is 0 Å². The summed E-state index contributed by atoms with van der Waals surface area (Å²) in [6, 6.07) is 15.2. The van der Waals surface area contributed by atoms with E-state index >= 15 is 0 Å². The summed E-state index contributed by atoms with van der Waals surface area (Å²) >= 11 is 7.50. The van der Waals surface area contributed by atoms with Crippen molar-refractivity contribution in [1.29, 1.82) is 0 Å². The van der Waals surface area contributed by atoms with Crippen LogP contribution in [0.2, 0.25) is 5.02 Å². The molecule has 0 spiro atoms. The van der Waals surface area contributed by atoms with Crippen LogP contribution in [0.1, 0.15) is 18.4 Å². The molecule has 0 atom stereocenters. The van der Waals surface area contributed by atoms with Crippen molar-refractivity contribution < 1.29 is 9.53 Å². The second-order valence-corrected chi connectivity index (χ2v) is 7.57. The number of nitrogens with zero attached hydrogens (tertiary/aromatic N) is 2. The molecule has 2 heterocycles. The number of nitrogens with one attached hydrogen (secondary N) is 1. The summed E-state index contributed by atoms with van der Waals surface area (Å²) in [5.74, 6) is -0.0314. The van der Waals surface area contributed by atoms with E-state index in [1.54, 1.807) is 0 Å². The highest BCUT2D eigenvalue weighted by Crippen LogP contribution is 2.37. The second kappa shape index (κ2) is 7.76. The second-order valence-electron chi connectivity index (χ2n) is 6.53. The maximum Gasteiger partial charge on any atom is 0.235 e. The van der Waals surface area contributed by atoms with E-state index in [2.05, 4.69) is 14.9 Å². The van der Waals surface area contributed by atoms with Crippen LogP contribution in [0.3, 0.4) is 0 Å². The highest BCUT2D eigenvalue weighted by Gasteiger charge is 2.41. The average Bonchev–Trinajstić information content (AvgIpc) is 3.24. The zero-order valence-electron chi connectivity index (χ0n) is 14.5. The number of ether oxygens (including phenoxy) is 1. The number of carbonyl (C=O) groups is 1. The number of carbonyl (C=O) groups excluding carboxylic acids is 1. The van der Waals surface area contributed by atoms with Crippen LogP contribution in [-0.2, 0) is 14.9 Å². The average molecular weight is 400 g/mol. The van der Waals surface area contributed by atoms with Gasteiger partial charge in [0.1, 0.15) is 5.69 Å². The zero-order valence-corrected chi connectivity index (χ0v) is 16.1. The lowest BCUT2D eigenvalue weighted by Gasteiger charge is -2.36. The minimum Gasteiger partial charge on any atom is -0.381 e. The Kier molecular flexibility index (Phi) is 5.20. The van der Waals surface area contributed by atoms with Gasteiger partial charge in [-0.15, -0.1) is 5.10 Å². The van der Waals surface area contributed by atoms with E-state index < -0.39 is 5.41 Å². The minimum absolute atomic E-state index is 0.0314. The molecular weight excluding hydrogens is 382 g/mol. The Labute approximate surface area is 166 Å². The standard InChI is InChI=1S/C20H18ClN3O2S/c21-16-3-1-2-15(12-16)20(8-10-26-11-9-20)19(25)22-17-6-4-14(5-7-17)18-13-27-24-23-18/h1-7,12-13H,8-11H2,(H,22,25). The number of hydrogen-bond donors (Lipinski definition) is 1. The summed E-state index contributed by atoms with van der Waals surface area (Å²) in [6.45, 7) is 1.10. The van der Waals surface area contributed by atoms with E-state index in [0.717, 1.165) is 22.5 Å². The predicted molar refractivity (Wildman–Crippen MR) is 107 cm³/mol. The highest BCUT2D eigenvalue weighted by atomic mass is 35.5. The Morgan fingerprint density at radius 1 is 1.15 bits per heavy atom. The molecule has 7 heteroatoms. The molecule has 138 valence electrons. The third-order valence-corrected chi connectivity index (χ3v) is 5.70. The first-order chi connectivity index (χ1) is 13.2. The van der Waals surface area contributed by atoms with Crippen LogP contribution in [0.4, 0.5) is 5.69 Å². The van der Waals surface area contributed by atoms with Gasteiger partial charge in [-0.25, -0.2) is 0 Å². The molecule has 4 rings (SSSR count). The van der Waals surface area contributed by atoms with Crippen LogP contribution in [0.25, 0.3) is 11.3 Å². The number of amides is 1. The van der Waals surface area contributed by atoms with Gasteiger partial charge < -0.3 is 10.1 Å². The molecule has 2 aromatic carbocycles. The first kappa shape index (κ1) is 18.1. The number of rotatable bonds is 4. The molecule has 1 N–H and O–H groups in total. The van der Waals surface area contributed by atoms with Crippen LogP contribution < -0.4 is 5.32 Å². The van der Waals surface area contributed by atoms with Gasteiger partial charge in [-0.1, -0.05) is 40.4 Å². The van der Waals surface area contributed by atoms with Crippen molar-refractivity contribution in [3.63, 3.8) is 0 Å². The van der Waals surface area contributed by atoms with Gasteiger partial charge in [0.15, 0.2) is 0 Å². The van der Waals surface area contributed by atoms with Crippen molar-refractivity contribution in [2.24, 2.45) is 0 Å². The molecule has 0 saturated carbocycles. The predicted octanol–water partition coefficient (Wildman–Crippen LogP) is 4.55. The summed E-state index contributed by atoms with van der Waals surface area (Å²) < 4.78 is 9.39. The maximum atomic E-state index is 13.3. The normalized spacial score (nSPS) is 16.0. The zero-order chi connectivity index (χ0) is 18.7. The molecule has 1 amide bonds. The minimum atomic E-state index is -0.638. The monoisotopic (exact) mass is 399 g/mol. The lowest BCUT2D eigenvalue weighted by molar-refractivity contribution is -0.125. The fraction of sp³-hybridized carbons (Fsp3) is 0.250. The van der Waals surface area contributed by atoms with E-state index in [1.807, 2.05) is 53.9 Å². The molecular formula is C20H18ClN3O2S. The molecule has 0 aliphatic carbocycles. The lowest BCUT2D eigenvalue weighted by Crippen LogP contribution is -2.44. The van der Waals surface area contributed by atoms with Crippen LogP contribution >= 0.6 is 23.1 Å². The van der Waals surface area contributed by atoms with E-state index in [9.17, 15) is 4.79 Å². The molecule has 1 fully saturated rings.